The first kappa shape index (κ1) is 34.5. The summed E-state index contributed by atoms with van der Waals surface area (Å²) < 4.78 is 46.8. The molecule has 1 amide bonds. The van der Waals surface area contributed by atoms with Gasteiger partial charge in [0.2, 0.25) is 5.91 Å². The van der Waals surface area contributed by atoms with E-state index in [9.17, 15) is 22.8 Å². The van der Waals surface area contributed by atoms with Gasteiger partial charge in [-0.3, -0.25) is 9.59 Å². The normalized spacial score (nSPS) is 11.7. The Morgan fingerprint density at radius 3 is 2.11 bits per heavy atom. The number of hydrogen-bond donors (Lipinski definition) is 3. The van der Waals surface area contributed by atoms with Crippen LogP contribution in [-0.4, -0.2) is 36.7 Å². The van der Waals surface area contributed by atoms with Gasteiger partial charge in [-0.2, -0.15) is 13.2 Å². The number of aryl methyl sites for hydroxylation is 1. The lowest BCUT2D eigenvalue weighted by Gasteiger charge is -2.37. The van der Waals surface area contributed by atoms with Crippen LogP contribution in [0.4, 0.5) is 13.2 Å². The van der Waals surface area contributed by atoms with Crippen LogP contribution in [-0.2, 0) is 34.1 Å². The van der Waals surface area contributed by atoms with Crippen LogP contribution < -0.4 is 15.4 Å². The van der Waals surface area contributed by atoms with E-state index in [0.29, 0.717) is 43.7 Å². The average molecular weight is 653 g/mol. The first-order chi connectivity index (χ1) is 22.1. The molecule has 4 aromatic rings. The maximum Gasteiger partial charge on any atom is 0.417 e. The summed E-state index contributed by atoms with van der Waals surface area (Å²) >= 11 is 6.29. The van der Waals surface area contributed by atoms with Crippen LogP contribution >= 0.6 is 11.6 Å². The van der Waals surface area contributed by atoms with Gasteiger partial charge in [-0.25, -0.2) is 0 Å². The highest BCUT2D eigenvalue weighted by molar-refractivity contribution is 6.32. The number of benzene rings is 4. The minimum atomic E-state index is -4.55. The largest absolute Gasteiger partial charge is 0.494 e. The molecular weight excluding hydrogens is 617 g/mol. The zero-order valence-corrected chi connectivity index (χ0v) is 25.9. The lowest BCUT2D eigenvalue weighted by Crippen LogP contribution is -2.44. The first-order valence-electron chi connectivity index (χ1n) is 15.0. The Kier molecular flexibility index (Phi) is 12.2. The maximum absolute atomic E-state index is 13.6. The van der Waals surface area contributed by atoms with Gasteiger partial charge in [0, 0.05) is 6.54 Å². The number of alkyl halides is 3. The van der Waals surface area contributed by atoms with Crippen LogP contribution in [0.5, 0.6) is 5.75 Å². The molecule has 242 valence electrons. The molecule has 6 nitrogen and oxygen atoms in total. The van der Waals surface area contributed by atoms with Gasteiger partial charge in [-0.05, 0) is 66.3 Å². The van der Waals surface area contributed by atoms with Gasteiger partial charge in [0.1, 0.15) is 5.75 Å². The van der Waals surface area contributed by atoms with Gasteiger partial charge >= 0.3 is 12.1 Å². The van der Waals surface area contributed by atoms with E-state index in [1.54, 1.807) is 30.3 Å². The summed E-state index contributed by atoms with van der Waals surface area (Å²) in [5, 5.41) is 14.8. The van der Waals surface area contributed by atoms with Crippen molar-refractivity contribution >= 4 is 23.5 Å². The molecule has 0 heterocycles. The summed E-state index contributed by atoms with van der Waals surface area (Å²) in [6.07, 6.45) is -3.23. The quantitative estimate of drug-likeness (QED) is 0.110. The third-order valence-electron chi connectivity index (χ3n) is 7.63. The second kappa shape index (κ2) is 16.3. The number of carboxylic acids is 1. The molecule has 0 atom stereocenters. The van der Waals surface area contributed by atoms with Crippen molar-refractivity contribution in [2.75, 3.05) is 19.7 Å². The van der Waals surface area contributed by atoms with Crippen molar-refractivity contribution in [1.82, 2.24) is 10.6 Å². The summed E-state index contributed by atoms with van der Waals surface area (Å²) in [4.78, 5) is 22.8. The molecule has 0 bridgehead atoms. The van der Waals surface area contributed by atoms with Crippen molar-refractivity contribution in [3.8, 4) is 5.75 Å². The van der Waals surface area contributed by atoms with E-state index < -0.39 is 23.2 Å². The second-order valence-electron chi connectivity index (χ2n) is 10.9. The fourth-order valence-electron chi connectivity index (χ4n) is 5.37. The monoisotopic (exact) mass is 652 g/mol. The second-order valence-corrected chi connectivity index (χ2v) is 11.2. The third-order valence-corrected chi connectivity index (χ3v) is 8.07. The molecule has 0 aliphatic carbocycles. The fourth-order valence-corrected chi connectivity index (χ4v) is 5.70. The Morgan fingerprint density at radius 2 is 1.48 bits per heavy atom. The number of hydrogen-bond acceptors (Lipinski definition) is 4. The Bertz CT molecular complexity index is 1540. The molecule has 0 saturated carbocycles. The van der Waals surface area contributed by atoms with E-state index in [-0.39, 0.29) is 30.3 Å². The van der Waals surface area contributed by atoms with E-state index >= 15 is 0 Å². The van der Waals surface area contributed by atoms with Crippen molar-refractivity contribution in [2.45, 2.75) is 43.8 Å². The lowest BCUT2D eigenvalue weighted by molar-refractivity contribution is -0.138. The zero-order chi connectivity index (χ0) is 33.0. The number of carbonyl (C=O) groups excluding carboxylic acids is 1. The van der Waals surface area contributed by atoms with Crippen LogP contribution in [0.15, 0.2) is 103 Å². The van der Waals surface area contributed by atoms with E-state index in [2.05, 4.69) is 10.6 Å². The summed E-state index contributed by atoms with van der Waals surface area (Å²) in [6.45, 7) is 0.976. The van der Waals surface area contributed by atoms with Crippen molar-refractivity contribution in [3.63, 3.8) is 0 Å². The third kappa shape index (κ3) is 9.58. The van der Waals surface area contributed by atoms with Crippen LogP contribution in [0.25, 0.3) is 0 Å². The predicted octanol–water partition coefficient (Wildman–Crippen LogP) is 7.43. The number of rotatable bonds is 16. The SMILES string of the molecule is O=C(O)CCNC(=O)Cc1cccc(OCCCNC(CCc2cccc(C(F)(F)F)c2Cl)(c2ccccc2)c2ccccc2)c1. The van der Waals surface area contributed by atoms with Gasteiger partial charge in [0.05, 0.1) is 35.6 Å². The van der Waals surface area contributed by atoms with Crippen LogP contribution in [0.3, 0.4) is 0 Å². The highest BCUT2D eigenvalue weighted by Gasteiger charge is 2.36. The first-order valence-corrected chi connectivity index (χ1v) is 15.4. The minimum Gasteiger partial charge on any atom is -0.494 e. The van der Waals surface area contributed by atoms with Gasteiger partial charge in [0.25, 0.3) is 0 Å². The fraction of sp³-hybridized carbons (Fsp3) is 0.278. The number of nitrogens with one attached hydrogen (secondary N) is 2. The van der Waals surface area contributed by atoms with Gasteiger partial charge in [0.15, 0.2) is 0 Å². The van der Waals surface area contributed by atoms with E-state index in [1.807, 2.05) is 60.7 Å². The molecule has 0 unspecified atom stereocenters. The molecule has 4 rings (SSSR count). The number of aliphatic carboxylic acids is 1. The molecule has 0 fully saturated rings. The number of carbonyl (C=O) groups is 2. The Labute approximate surface area is 271 Å². The molecule has 4 aromatic carbocycles. The topological polar surface area (TPSA) is 87.7 Å². The summed E-state index contributed by atoms with van der Waals surface area (Å²) in [5.41, 5.74) is 1.54. The summed E-state index contributed by atoms with van der Waals surface area (Å²) in [7, 11) is 0. The molecule has 0 radical (unpaired) electrons. The van der Waals surface area contributed by atoms with E-state index in [1.165, 1.54) is 6.07 Å². The van der Waals surface area contributed by atoms with Crippen molar-refractivity contribution in [3.05, 3.63) is 136 Å². The molecular formula is C36H36ClF3N2O4. The summed E-state index contributed by atoms with van der Waals surface area (Å²) in [5.74, 6) is -0.644. The highest BCUT2D eigenvalue weighted by atomic mass is 35.5. The highest BCUT2D eigenvalue weighted by Crippen LogP contribution is 2.39. The Hall–Kier alpha value is -4.34. The van der Waals surface area contributed by atoms with E-state index in [0.717, 1.165) is 22.8 Å². The van der Waals surface area contributed by atoms with Gasteiger partial charge in [-0.1, -0.05) is 96.5 Å². The maximum atomic E-state index is 13.6. The molecule has 3 N–H and O–H groups in total. The molecule has 0 saturated heterocycles. The van der Waals surface area contributed by atoms with E-state index in [4.69, 9.17) is 21.4 Å². The van der Waals surface area contributed by atoms with Crippen molar-refractivity contribution in [2.24, 2.45) is 0 Å². The molecule has 0 spiro atoms. The minimum absolute atomic E-state index is 0.0673. The molecule has 0 aromatic heterocycles. The Balaban J connectivity index is 1.46. The average Bonchev–Trinajstić information content (AvgIpc) is 3.03. The Morgan fingerprint density at radius 1 is 0.826 bits per heavy atom. The number of amides is 1. The summed E-state index contributed by atoms with van der Waals surface area (Å²) in [6, 6.07) is 30.8. The standard InChI is InChI=1S/C36H36ClF3N2O4/c37-34-27(11-8-17-31(34)36(38,39)40)18-20-35(28-12-3-1-4-13-28,29-14-5-2-6-15-29)42-21-9-23-46-30-16-7-10-26(24-30)25-32(43)41-22-19-33(44)45/h1-8,10-17,24,42H,9,18-23,25H2,(H,41,43)(H,44,45). The zero-order valence-electron chi connectivity index (χ0n) is 25.2. The molecule has 46 heavy (non-hydrogen) atoms. The van der Waals surface area contributed by atoms with Crippen molar-refractivity contribution in [1.29, 1.82) is 0 Å². The molecule has 0 aliphatic rings. The number of halogens is 4. The molecule has 0 aliphatic heterocycles. The smallest absolute Gasteiger partial charge is 0.417 e. The lowest BCUT2D eigenvalue weighted by atomic mass is 9.78. The van der Waals surface area contributed by atoms with Crippen molar-refractivity contribution < 1.29 is 32.6 Å². The van der Waals surface area contributed by atoms with Gasteiger partial charge in [-0.15, -0.1) is 0 Å². The predicted molar refractivity (Wildman–Crippen MR) is 172 cm³/mol. The molecule has 10 heteroatoms. The van der Waals surface area contributed by atoms with Gasteiger partial charge < -0.3 is 20.5 Å². The van der Waals surface area contributed by atoms with Crippen LogP contribution in [0.1, 0.15) is 47.1 Å². The van der Waals surface area contributed by atoms with Crippen LogP contribution in [0.2, 0.25) is 5.02 Å². The number of ether oxygens (including phenoxy) is 1. The number of carboxylic acid groups (broad SMARTS) is 1. The van der Waals surface area contributed by atoms with Crippen LogP contribution in [0, 0.1) is 0 Å².